The molecule has 0 unspecified atom stereocenters. The molecule has 3 aromatic rings. The Morgan fingerprint density at radius 3 is 2.33 bits per heavy atom. The number of nitrogens with two attached hydrogens (primary N) is 1. The van der Waals surface area contributed by atoms with Gasteiger partial charge in [-0.05, 0) is 52.3 Å². The Hall–Kier alpha value is -1.95. The highest BCUT2D eigenvalue weighted by Gasteiger charge is 2.07. The van der Waals surface area contributed by atoms with E-state index in [0.717, 1.165) is 9.99 Å². The van der Waals surface area contributed by atoms with Gasteiger partial charge in [0.1, 0.15) is 16.9 Å². The highest BCUT2D eigenvalue weighted by atomic mass is 79.9. The number of hydrogen-bond acceptors (Lipinski definition) is 3. The van der Waals surface area contributed by atoms with E-state index >= 15 is 0 Å². The molecular formula is C12H8BrFN4. The molecule has 2 aromatic carbocycles. The number of hydrogen-bond donors (Lipinski definition) is 1. The number of rotatable bonds is 1. The van der Waals surface area contributed by atoms with E-state index in [2.05, 4.69) is 26.1 Å². The maximum Gasteiger partial charge on any atom is 0.123 e. The molecule has 6 heteroatoms. The molecule has 0 spiro atoms. The highest BCUT2D eigenvalue weighted by molar-refractivity contribution is 9.10. The van der Waals surface area contributed by atoms with Gasteiger partial charge >= 0.3 is 0 Å². The second-order valence-electron chi connectivity index (χ2n) is 3.83. The van der Waals surface area contributed by atoms with E-state index in [4.69, 9.17) is 5.73 Å². The van der Waals surface area contributed by atoms with Crippen LogP contribution in [-0.4, -0.2) is 15.0 Å². The number of aromatic nitrogens is 3. The van der Waals surface area contributed by atoms with E-state index in [9.17, 15) is 4.39 Å². The van der Waals surface area contributed by atoms with Crippen LogP contribution in [0.2, 0.25) is 0 Å². The fourth-order valence-electron chi connectivity index (χ4n) is 1.64. The van der Waals surface area contributed by atoms with Crippen molar-refractivity contribution in [2.45, 2.75) is 0 Å². The van der Waals surface area contributed by atoms with Gasteiger partial charge in [-0.2, -0.15) is 4.80 Å². The Morgan fingerprint density at radius 1 is 1.06 bits per heavy atom. The molecule has 3 rings (SSSR count). The average Bonchev–Trinajstić information content (AvgIpc) is 2.73. The molecule has 1 heterocycles. The van der Waals surface area contributed by atoms with Crippen LogP contribution in [0.4, 0.5) is 10.1 Å². The molecule has 1 aromatic heterocycles. The summed E-state index contributed by atoms with van der Waals surface area (Å²) in [6.45, 7) is 0. The van der Waals surface area contributed by atoms with Crippen molar-refractivity contribution in [3.63, 3.8) is 0 Å². The maximum atomic E-state index is 12.8. The molecule has 0 saturated carbocycles. The molecule has 18 heavy (non-hydrogen) atoms. The first-order valence-corrected chi connectivity index (χ1v) is 6.01. The average molecular weight is 307 g/mol. The lowest BCUT2D eigenvalue weighted by Gasteiger charge is -1.97. The molecule has 2 N–H and O–H groups in total. The smallest absolute Gasteiger partial charge is 0.123 e. The van der Waals surface area contributed by atoms with Crippen LogP contribution < -0.4 is 5.73 Å². The van der Waals surface area contributed by atoms with Gasteiger partial charge in [-0.25, -0.2) is 4.39 Å². The standard InChI is InChI=1S/C12H8BrFN4/c13-9-5-11-12(6-10(9)15)17-18(16-11)8-3-1-7(14)2-4-8/h1-6H,15H2. The zero-order valence-corrected chi connectivity index (χ0v) is 10.7. The third-order valence-corrected chi connectivity index (χ3v) is 3.24. The summed E-state index contributed by atoms with van der Waals surface area (Å²) in [5.74, 6) is -0.289. The number of benzene rings is 2. The van der Waals surface area contributed by atoms with Gasteiger partial charge in [0.25, 0.3) is 0 Å². The van der Waals surface area contributed by atoms with Gasteiger partial charge in [0.2, 0.25) is 0 Å². The van der Waals surface area contributed by atoms with Gasteiger partial charge in [0.05, 0.1) is 5.69 Å². The van der Waals surface area contributed by atoms with Crippen LogP contribution in [-0.2, 0) is 0 Å². The van der Waals surface area contributed by atoms with Crippen molar-refractivity contribution in [1.29, 1.82) is 0 Å². The summed E-state index contributed by atoms with van der Waals surface area (Å²) in [7, 11) is 0. The quantitative estimate of drug-likeness (QED) is 0.703. The number of nitrogen functional groups attached to an aromatic ring is 1. The minimum Gasteiger partial charge on any atom is -0.398 e. The summed E-state index contributed by atoms with van der Waals surface area (Å²) < 4.78 is 13.6. The molecule has 0 radical (unpaired) electrons. The lowest BCUT2D eigenvalue weighted by Crippen LogP contribution is -1.97. The van der Waals surface area contributed by atoms with Gasteiger partial charge in [-0.3, -0.25) is 0 Å². The normalized spacial score (nSPS) is 11.0. The zero-order valence-electron chi connectivity index (χ0n) is 9.14. The van der Waals surface area contributed by atoms with Gasteiger partial charge in [0.15, 0.2) is 0 Å². The van der Waals surface area contributed by atoms with Crippen LogP contribution in [0.15, 0.2) is 40.9 Å². The van der Waals surface area contributed by atoms with Crippen LogP contribution >= 0.6 is 15.9 Å². The molecule has 0 bridgehead atoms. The number of nitrogens with zero attached hydrogens (tertiary/aromatic N) is 3. The van der Waals surface area contributed by atoms with E-state index in [1.807, 2.05) is 0 Å². The van der Waals surface area contributed by atoms with Crippen LogP contribution in [0.5, 0.6) is 0 Å². The summed E-state index contributed by atoms with van der Waals surface area (Å²) in [5.41, 5.74) is 8.50. The number of halogens is 2. The van der Waals surface area contributed by atoms with Crippen LogP contribution in [0.1, 0.15) is 0 Å². The van der Waals surface area contributed by atoms with Crippen molar-refractivity contribution >= 4 is 32.7 Å². The molecule has 0 fully saturated rings. The largest absolute Gasteiger partial charge is 0.398 e. The molecule has 0 aliphatic heterocycles. The minimum absolute atomic E-state index is 0.289. The molecule has 90 valence electrons. The second-order valence-corrected chi connectivity index (χ2v) is 4.68. The predicted octanol–water partition coefficient (Wildman–Crippen LogP) is 2.90. The van der Waals surface area contributed by atoms with Crippen LogP contribution in [0.3, 0.4) is 0 Å². The van der Waals surface area contributed by atoms with E-state index < -0.39 is 0 Å². The summed E-state index contributed by atoms with van der Waals surface area (Å²) in [4.78, 5) is 1.45. The highest BCUT2D eigenvalue weighted by Crippen LogP contribution is 2.24. The van der Waals surface area contributed by atoms with Crippen molar-refractivity contribution in [3.8, 4) is 5.69 Å². The van der Waals surface area contributed by atoms with Gasteiger partial charge < -0.3 is 5.73 Å². The lowest BCUT2D eigenvalue weighted by molar-refractivity contribution is 0.626. The second kappa shape index (κ2) is 4.06. The Morgan fingerprint density at radius 2 is 1.67 bits per heavy atom. The predicted molar refractivity (Wildman–Crippen MR) is 70.9 cm³/mol. The maximum absolute atomic E-state index is 12.8. The fourth-order valence-corrected chi connectivity index (χ4v) is 1.98. The first-order chi connectivity index (χ1) is 8.63. The monoisotopic (exact) mass is 306 g/mol. The Bertz CT molecular complexity index is 682. The summed E-state index contributed by atoms with van der Waals surface area (Å²) in [6, 6.07) is 9.52. The SMILES string of the molecule is Nc1cc2nn(-c3ccc(F)cc3)nc2cc1Br. The molecule has 0 amide bonds. The van der Waals surface area contributed by atoms with E-state index in [-0.39, 0.29) is 5.82 Å². The number of anilines is 1. The first-order valence-electron chi connectivity index (χ1n) is 5.21. The lowest BCUT2D eigenvalue weighted by atomic mass is 10.3. The topological polar surface area (TPSA) is 56.7 Å². The summed E-state index contributed by atoms with van der Waals surface area (Å²) in [5, 5.41) is 8.61. The van der Waals surface area contributed by atoms with Gasteiger partial charge in [-0.15, -0.1) is 10.2 Å². The molecule has 0 aliphatic carbocycles. The molecule has 0 aliphatic rings. The zero-order chi connectivity index (χ0) is 12.7. The fraction of sp³-hybridized carbons (Fsp3) is 0. The van der Waals surface area contributed by atoms with Crippen LogP contribution in [0.25, 0.3) is 16.7 Å². The Balaban J connectivity index is 2.16. The third-order valence-electron chi connectivity index (χ3n) is 2.56. The summed E-state index contributed by atoms with van der Waals surface area (Å²) >= 11 is 3.34. The first kappa shape index (κ1) is 11.2. The number of fused-ring (bicyclic) bond motifs is 1. The molecular weight excluding hydrogens is 299 g/mol. The van der Waals surface area contributed by atoms with Gasteiger partial charge in [-0.1, -0.05) is 0 Å². The Kier molecular flexibility index (Phi) is 2.52. The van der Waals surface area contributed by atoms with Crippen molar-refractivity contribution in [2.24, 2.45) is 0 Å². The van der Waals surface area contributed by atoms with Crippen LogP contribution in [0, 0.1) is 5.82 Å². The van der Waals surface area contributed by atoms with Crippen molar-refractivity contribution in [1.82, 2.24) is 15.0 Å². The van der Waals surface area contributed by atoms with Crippen molar-refractivity contribution < 1.29 is 4.39 Å². The van der Waals surface area contributed by atoms with Crippen molar-refractivity contribution in [2.75, 3.05) is 5.73 Å². The minimum atomic E-state index is -0.289. The van der Waals surface area contributed by atoms with Gasteiger partial charge in [0, 0.05) is 10.2 Å². The van der Waals surface area contributed by atoms with E-state index in [1.54, 1.807) is 24.3 Å². The molecule has 4 nitrogen and oxygen atoms in total. The Labute approximate surface area is 110 Å². The molecule has 0 saturated heterocycles. The van der Waals surface area contributed by atoms with E-state index in [0.29, 0.717) is 16.9 Å². The van der Waals surface area contributed by atoms with E-state index in [1.165, 1.54) is 16.9 Å². The van der Waals surface area contributed by atoms with Crippen molar-refractivity contribution in [3.05, 3.63) is 46.7 Å². The summed E-state index contributed by atoms with van der Waals surface area (Å²) in [6.07, 6.45) is 0. The molecule has 0 atom stereocenters. The third kappa shape index (κ3) is 1.84.